The molecule has 3 heterocycles. The van der Waals surface area contributed by atoms with Crippen molar-refractivity contribution >= 4 is 40.0 Å². The molecule has 0 saturated carbocycles. The van der Waals surface area contributed by atoms with Crippen LogP contribution < -0.4 is 10.3 Å². The molecule has 0 spiro atoms. The first-order valence-corrected chi connectivity index (χ1v) is 11.6. The number of carbonyl (C=O) groups is 2. The van der Waals surface area contributed by atoms with Crippen LogP contribution in [0.3, 0.4) is 0 Å². The van der Waals surface area contributed by atoms with Crippen molar-refractivity contribution in [2.24, 2.45) is 5.10 Å². The van der Waals surface area contributed by atoms with Gasteiger partial charge in [0.15, 0.2) is 0 Å². The summed E-state index contributed by atoms with van der Waals surface area (Å²) in [6.07, 6.45) is 1.54. The summed E-state index contributed by atoms with van der Waals surface area (Å²) >= 11 is 0. The summed E-state index contributed by atoms with van der Waals surface area (Å²) in [6, 6.07) is 19.7. The fraction of sp³-hybridized carbons (Fsp3) is 0.107. The number of carbonyl (C=O) groups excluding carboxylic acids is 2. The number of benzene rings is 3. The third-order valence-corrected chi connectivity index (χ3v) is 6.50. The van der Waals surface area contributed by atoms with Crippen LogP contribution in [0.5, 0.6) is 5.75 Å². The minimum Gasteiger partial charge on any atom is -0.496 e. The minimum atomic E-state index is -0.346. The summed E-state index contributed by atoms with van der Waals surface area (Å²) < 4.78 is 6.71. The summed E-state index contributed by atoms with van der Waals surface area (Å²) in [6.45, 7) is 1.76. The number of imide groups is 1. The van der Waals surface area contributed by atoms with E-state index in [9.17, 15) is 14.4 Å². The monoisotopic (exact) mass is 491 g/mol. The highest BCUT2D eigenvalue weighted by Gasteiger charge is 2.35. The molecule has 9 nitrogen and oxygen atoms in total. The molecule has 3 aromatic carbocycles. The van der Waals surface area contributed by atoms with Crippen molar-refractivity contribution < 1.29 is 14.3 Å². The van der Waals surface area contributed by atoms with E-state index in [1.165, 1.54) is 22.9 Å². The topological polar surface area (TPSA) is 110 Å². The smallest absolute Gasteiger partial charge is 0.298 e. The Labute approximate surface area is 210 Å². The number of fused-ring (bicyclic) bond motifs is 4. The number of nitrogens with zero attached hydrogens (tertiary/aromatic N) is 4. The minimum absolute atomic E-state index is 0.0404. The van der Waals surface area contributed by atoms with Crippen molar-refractivity contribution in [3.8, 4) is 5.75 Å². The molecular weight excluding hydrogens is 470 g/mol. The zero-order valence-corrected chi connectivity index (χ0v) is 20.1. The van der Waals surface area contributed by atoms with Gasteiger partial charge in [0.2, 0.25) is 0 Å². The second-order valence-corrected chi connectivity index (χ2v) is 8.73. The van der Waals surface area contributed by atoms with E-state index in [-0.39, 0.29) is 23.9 Å². The van der Waals surface area contributed by atoms with E-state index >= 15 is 0 Å². The maximum absolute atomic E-state index is 13.2. The molecule has 5 aromatic rings. The van der Waals surface area contributed by atoms with E-state index in [4.69, 9.17) is 4.74 Å². The standard InChI is InChI=1S/C28H21N5O4/c1-16-30-24-21-9-5-6-10-22(21)31-25(24)28(36)33(16)29-14-17-11-12-23(37-2)18(13-17)15-32-26(34)19-7-3-4-8-20(19)27(32)35/h3-14,31H,15H2,1-2H3/b29-14-. The Morgan fingerprint density at radius 1 is 0.973 bits per heavy atom. The number of ether oxygens (including phenoxy) is 1. The lowest BCUT2D eigenvalue weighted by Gasteiger charge is -2.16. The highest BCUT2D eigenvalue weighted by molar-refractivity contribution is 6.21. The average Bonchev–Trinajstić information content (AvgIpc) is 3.40. The number of methoxy groups -OCH3 is 1. The van der Waals surface area contributed by atoms with Crippen LogP contribution in [0.1, 0.15) is 37.7 Å². The first-order valence-electron chi connectivity index (χ1n) is 11.6. The molecule has 2 aromatic heterocycles. The fourth-order valence-corrected chi connectivity index (χ4v) is 4.68. The van der Waals surface area contributed by atoms with Crippen molar-refractivity contribution in [2.75, 3.05) is 7.11 Å². The number of H-pyrrole nitrogens is 1. The van der Waals surface area contributed by atoms with Crippen molar-refractivity contribution in [1.29, 1.82) is 0 Å². The largest absolute Gasteiger partial charge is 0.496 e. The number of rotatable bonds is 5. The maximum Gasteiger partial charge on any atom is 0.298 e. The van der Waals surface area contributed by atoms with Gasteiger partial charge in [-0.3, -0.25) is 19.3 Å². The molecule has 1 N–H and O–H groups in total. The van der Waals surface area contributed by atoms with Gasteiger partial charge in [0, 0.05) is 16.5 Å². The molecule has 1 aliphatic rings. The number of amides is 2. The van der Waals surface area contributed by atoms with Gasteiger partial charge in [0.1, 0.15) is 22.6 Å². The van der Waals surface area contributed by atoms with E-state index in [1.54, 1.807) is 49.4 Å². The van der Waals surface area contributed by atoms with Gasteiger partial charge >= 0.3 is 0 Å². The molecular formula is C28H21N5O4. The average molecular weight is 492 g/mol. The van der Waals surface area contributed by atoms with Crippen molar-refractivity contribution in [3.05, 3.63) is 105 Å². The van der Waals surface area contributed by atoms with Gasteiger partial charge in [-0.25, -0.2) is 4.98 Å². The maximum atomic E-state index is 13.2. The quantitative estimate of drug-likeness (QED) is 0.296. The van der Waals surface area contributed by atoms with Gasteiger partial charge in [0.05, 0.1) is 31.0 Å². The molecule has 9 heteroatoms. The number of aromatic nitrogens is 3. The molecule has 0 bridgehead atoms. The molecule has 1 aliphatic heterocycles. The summed E-state index contributed by atoms with van der Waals surface area (Å²) in [5.41, 5.74) is 3.58. The number of para-hydroxylation sites is 1. The molecule has 0 radical (unpaired) electrons. The van der Waals surface area contributed by atoms with Gasteiger partial charge in [-0.05, 0) is 48.9 Å². The van der Waals surface area contributed by atoms with Crippen molar-refractivity contribution in [3.63, 3.8) is 0 Å². The zero-order chi connectivity index (χ0) is 25.7. The summed E-state index contributed by atoms with van der Waals surface area (Å²) in [7, 11) is 1.53. The van der Waals surface area contributed by atoms with Crippen LogP contribution in [0.4, 0.5) is 0 Å². The highest BCUT2D eigenvalue weighted by Crippen LogP contribution is 2.28. The molecule has 0 fully saturated rings. The van der Waals surface area contributed by atoms with E-state index < -0.39 is 0 Å². The van der Waals surface area contributed by atoms with Crippen LogP contribution in [-0.4, -0.2) is 44.7 Å². The molecule has 0 unspecified atom stereocenters. The summed E-state index contributed by atoms with van der Waals surface area (Å²) in [4.78, 5) is 47.8. The molecule has 182 valence electrons. The Morgan fingerprint density at radius 2 is 1.68 bits per heavy atom. The molecule has 2 amide bonds. The predicted octanol–water partition coefficient (Wildman–Crippen LogP) is 3.87. The third kappa shape index (κ3) is 3.59. The highest BCUT2D eigenvalue weighted by atomic mass is 16.5. The molecule has 0 atom stereocenters. The van der Waals surface area contributed by atoms with E-state index in [1.807, 2.05) is 24.3 Å². The number of nitrogens with one attached hydrogen (secondary N) is 1. The van der Waals surface area contributed by atoms with Crippen molar-refractivity contribution in [2.45, 2.75) is 13.5 Å². The summed E-state index contributed by atoms with van der Waals surface area (Å²) in [5.74, 6) is 0.282. The van der Waals surface area contributed by atoms with Gasteiger partial charge in [0.25, 0.3) is 17.4 Å². The second-order valence-electron chi connectivity index (χ2n) is 8.73. The third-order valence-electron chi connectivity index (χ3n) is 6.50. The Bertz CT molecular complexity index is 1800. The zero-order valence-electron chi connectivity index (χ0n) is 20.1. The number of hydrogen-bond donors (Lipinski definition) is 1. The number of hydrogen-bond acceptors (Lipinski definition) is 6. The number of aromatic amines is 1. The van der Waals surface area contributed by atoms with E-state index in [2.05, 4.69) is 15.1 Å². The van der Waals surface area contributed by atoms with Crippen molar-refractivity contribution in [1.82, 2.24) is 19.5 Å². The Balaban J connectivity index is 1.34. The summed E-state index contributed by atoms with van der Waals surface area (Å²) in [5, 5.41) is 5.27. The van der Waals surface area contributed by atoms with Crippen LogP contribution in [0.25, 0.3) is 21.9 Å². The molecule has 0 aliphatic carbocycles. The normalized spacial score (nSPS) is 13.3. The van der Waals surface area contributed by atoms with Gasteiger partial charge in [-0.15, -0.1) is 0 Å². The lowest BCUT2D eigenvalue weighted by atomic mass is 10.1. The predicted molar refractivity (Wildman–Crippen MR) is 139 cm³/mol. The lowest BCUT2D eigenvalue weighted by molar-refractivity contribution is 0.0641. The van der Waals surface area contributed by atoms with Crippen LogP contribution >= 0.6 is 0 Å². The SMILES string of the molecule is COc1ccc(/C=N\n2c(C)nc3c([nH]c4ccccc43)c2=O)cc1CN1C(=O)c2ccccc2C1=O. The Kier molecular flexibility index (Phi) is 5.19. The second kappa shape index (κ2) is 8.56. The Hall–Kier alpha value is -5.05. The molecule has 37 heavy (non-hydrogen) atoms. The van der Waals surface area contributed by atoms with Gasteiger partial charge in [-0.1, -0.05) is 30.3 Å². The lowest BCUT2D eigenvalue weighted by Crippen LogP contribution is -2.29. The Morgan fingerprint density at radius 3 is 2.41 bits per heavy atom. The fourth-order valence-electron chi connectivity index (χ4n) is 4.68. The van der Waals surface area contributed by atoms with E-state index in [0.717, 1.165) is 10.9 Å². The van der Waals surface area contributed by atoms with Crippen LogP contribution in [0, 0.1) is 6.92 Å². The molecule has 0 saturated heterocycles. The molecule has 6 rings (SSSR count). The van der Waals surface area contributed by atoms with E-state index in [0.29, 0.717) is 44.9 Å². The first kappa shape index (κ1) is 22.4. The van der Waals surface area contributed by atoms with Crippen LogP contribution in [-0.2, 0) is 6.54 Å². The first-order chi connectivity index (χ1) is 18.0. The van der Waals surface area contributed by atoms with Gasteiger partial charge < -0.3 is 9.72 Å². The number of aryl methyl sites for hydroxylation is 1. The van der Waals surface area contributed by atoms with Gasteiger partial charge in [-0.2, -0.15) is 9.78 Å². The van der Waals surface area contributed by atoms with Crippen LogP contribution in [0.15, 0.2) is 76.6 Å². The van der Waals surface area contributed by atoms with Crippen LogP contribution in [0.2, 0.25) is 0 Å².